The van der Waals surface area contributed by atoms with Crippen LogP contribution in [0.1, 0.15) is 37.7 Å². The number of hydrogen-bond donors (Lipinski definition) is 1. The molecule has 23 heavy (non-hydrogen) atoms. The van der Waals surface area contributed by atoms with Crippen LogP contribution in [-0.2, 0) is 11.2 Å². The molecule has 126 valence electrons. The van der Waals surface area contributed by atoms with Crippen molar-refractivity contribution >= 4 is 5.91 Å². The average molecular weight is 318 g/mol. The van der Waals surface area contributed by atoms with Gasteiger partial charge in [0, 0.05) is 13.1 Å². The van der Waals surface area contributed by atoms with E-state index >= 15 is 0 Å². The van der Waals surface area contributed by atoms with Gasteiger partial charge in [0.2, 0.25) is 5.91 Å². The van der Waals surface area contributed by atoms with Crippen LogP contribution in [0.5, 0.6) is 0 Å². The summed E-state index contributed by atoms with van der Waals surface area (Å²) in [4.78, 5) is 14.4. The number of benzene rings is 1. The summed E-state index contributed by atoms with van der Waals surface area (Å²) in [5.41, 5.74) is 0.663. The highest BCUT2D eigenvalue weighted by Crippen LogP contribution is 2.35. The van der Waals surface area contributed by atoms with Crippen molar-refractivity contribution in [2.24, 2.45) is 11.8 Å². The van der Waals surface area contributed by atoms with Crippen LogP contribution in [0.15, 0.2) is 24.3 Å². The number of carbonyl (C=O) groups excluding carboxylic acids is 1. The summed E-state index contributed by atoms with van der Waals surface area (Å²) in [5.74, 6) is 1.56. The topological polar surface area (TPSA) is 32.3 Å². The average Bonchev–Trinajstić information content (AvgIpc) is 2.56. The van der Waals surface area contributed by atoms with Gasteiger partial charge in [-0.3, -0.25) is 9.69 Å². The molecule has 1 amide bonds. The third-order valence-electron chi connectivity index (χ3n) is 5.42. The number of nitrogens with one attached hydrogen (secondary N) is 1. The van der Waals surface area contributed by atoms with E-state index in [9.17, 15) is 9.18 Å². The molecule has 1 aromatic rings. The van der Waals surface area contributed by atoms with E-state index in [1.54, 1.807) is 12.1 Å². The van der Waals surface area contributed by atoms with Crippen molar-refractivity contribution in [3.05, 3.63) is 35.6 Å². The zero-order chi connectivity index (χ0) is 16.1. The maximum atomic E-state index is 13.5. The minimum atomic E-state index is -0.193. The standard InChI is InChI=1S/C19H27FN2O/c20-18-8-4-3-6-16(18)9-11-21-19(23)14-22-12-10-15-5-1-2-7-17(15)13-22/h3-4,6,8,15,17H,1-2,5,7,9-14H2,(H,21,23)/t15-,17+/m0/s1. The first-order valence-electron chi connectivity index (χ1n) is 8.95. The van der Waals surface area contributed by atoms with Gasteiger partial charge in [-0.05, 0) is 49.3 Å². The van der Waals surface area contributed by atoms with Crippen LogP contribution in [0, 0.1) is 17.7 Å². The summed E-state index contributed by atoms with van der Waals surface area (Å²) in [6, 6.07) is 6.75. The smallest absolute Gasteiger partial charge is 0.234 e. The van der Waals surface area contributed by atoms with Crippen molar-refractivity contribution < 1.29 is 9.18 Å². The van der Waals surface area contributed by atoms with Gasteiger partial charge in [-0.1, -0.05) is 37.5 Å². The number of rotatable bonds is 5. The molecule has 1 aliphatic heterocycles. The highest BCUT2D eigenvalue weighted by Gasteiger charge is 2.31. The Kier molecular flexibility index (Phi) is 5.65. The van der Waals surface area contributed by atoms with E-state index in [2.05, 4.69) is 10.2 Å². The van der Waals surface area contributed by atoms with Crippen LogP contribution >= 0.6 is 0 Å². The van der Waals surface area contributed by atoms with Crippen molar-refractivity contribution in [2.75, 3.05) is 26.2 Å². The molecule has 1 saturated carbocycles. The number of piperidine rings is 1. The van der Waals surface area contributed by atoms with Gasteiger partial charge < -0.3 is 5.32 Å². The van der Waals surface area contributed by atoms with E-state index in [0.29, 0.717) is 25.1 Å². The first kappa shape index (κ1) is 16.4. The monoisotopic (exact) mass is 318 g/mol. The van der Waals surface area contributed by atoms with Crippen molar-refractivity contribution in [3.63, 3.8) is 0 Å². The Labute approximate surface area is 138 Å². The van der Waals surface area contributed by atoms with Gasteiger partial charge in [-0.25, -0.2) is 4.39 Å². The number of hydrogen-bond acceptors (Lipinski definition) is 2. The molecule has 1 aliphatic carbocycles. The van der Waals surface area contributed by atoms with Gasteiger partial charge in [-0.2, -0.15) is 0 Å². The lowest BCUT2D eigenvalue weighted by molar-refractivity contribution is -0.123. The molecule has 3 nitrogen and oxygen atoms in total. The Morgan fingerprint density at radius 2 is 1.96 bits per heavy atom. The Morgan fingerprint density at radius 3 is 2.78 bits per heavy atom. The van der Waals surface area contributed by atoms with Gasteiger partial charge in [-0.15, -0.1) is 0 Å². The Morgan fingerprint density at radius 1 is 1.17 bits per heavy atom. The molecule has 2 fully saturated rings. The molecule has 2 atom stereocenters. The molecular formula is C19H27FN2O. The predicted molar refractivity (Wildman–Crippen MR) is 89.6 cm³/mol. The van der Waals surface area contributed by atoms with Gasteiger partial charge in [0.15, 0.2) is 0 Å². The van der Waals surface area contributed by atoms with E-state index in [-0.39, 0.29) is 11.7 Å². The normalized spacial score (nSPS) is 24.9. The largest absolute Gasteiger partial charge is 0.355 e. The number of amides is 1. The molecule has 0 spiro atoms. The van der Waals surface area contributed by atoms with Crippen molar-refractivity contribution in [1.82, 2.24) is 10.2 Å². The molecule has 1 heterocycles. The number of halogens is 1. The molecule has 0 unspecified atom stereocenters. The molecule has 2 aliphatic rings. The first-order chi connectivity index (χ1) is 11.2. The highest BCUT2D eigenvalue weighted by molar-refractivity contribution is 5.78. The van der Waals surface area contributed by atoms with E-state index < -0.39 is 0 Å². The lowest BCUT2D eigenvalue weighted by atomic mass is 9.75. The lowest BCUT2D eigenvalue weighted by Gasteiger charge is -2.41. The quantitative estimate of drug-likeness (QED) is 0.905. The highest BCUT2D eigenvalue weighted by atomic mass is 19.1. The zero-order valence-corrected chi connectivity index (χ0v) is 13.8. The van der Waals surface area contributed by atoms with E-state index in [1.807, 2.05) is 6.07 Å². The summed E-state index contributed by atoms with van der Waals surface area (Å²) in [7, 11) is 0. The van der Waals surface area contributed by atoms with Gasteiger partial charge >= 0.3 is 0 Å². The summed E-state index contributed by atoms with van der Waals surface area (Å²) in [6.45, 7) is 3.10. The summed E-state index contributed by atoms with van der Waals surface area (Å²) in [6.07, 6.45) is 7.24. The van der Waals surface area contributed by atoms with Crippen LogP contribution in [0.4, 0.5) is 4.39 Å². The van der Waals surface area contributed by atoms with Gasteiger partial charge in [0.1, 0.15) is 5.82 Å². The van der Waals surface area contributed by atoms with E-state index in [0.717, 1.165) is 24.9 Å². The zero-order valence-electron chi connectivity index (χ0n) is 13.8. The fraction of sp³-hybridized carbons (Fsp3) is 0.632. The number of nitrogens with zero attached hydrogens (tertiary/aromatic N) is 1. The second-order valence-electron chi connectivity index (χ2n) is 7.02. The molecule has 4 heteroatoms. The minimum absolute atomic E-state index is 0.0654. The first-order valence-corrected chi connectivity index (χ1v) is 8.95. The third kappa shape index (κ3) is 4.54. The number of fused-ring (bicyclic) bond motifs is 1. The van der Waals surface area contributed by atoms with E-state index in [1.165, 1.54) is 38.2 Å². The lowest BCUT2D eigenvalue weighted by Crippen LogP contribution is -2.46. The molecule has 1 saturated heterocycles. The Bertz CT molecular complexity index is 534. The Balaban J connectivity index is 1.39. The van der Waals surface area contributed by atoms with Gasteiger partial charge in [0.25, 0.3) is 0 Å². The SMILES string of the molecule is O=C(CN1CC[C@@H]2CCCC[C@@H]2C1)NCCc1ccccc1F. The number of carbonyl (C=O) groups is 1. The van der Waals surface area contributed by atoms with E-state index in [4.69, 9.17) is 0 Å². The van der Waals surface area contributed by atoms with Crippen molar-refractivity contribution in [2.45, 2.75) is 38.5 Å². The second-order valence-corrected chi connectivity index (χ2v) is 7.02. The molecule has 0 aromatic heterocycles. The maximum absolute atomic E-state index is 13.5. The van der Waals surface area contributed by atoms with Crippen LogP contribution in [0.3, 0.4) is 0 Å². The third-order valence-corrected chi connectivity index (χ3v) is 5.42. The maximum Gasteiger partial charge on any atom is 0.234 e. The van der Waals surface area contributed by atoms with Crippen LogP contribution in [-0.4, -0.2) is 37.0 Å². The fourth-order valence-corrected chi connectivity index (χ4v) is 4.12. The van der Waals surface area contributed by atoms with Crippen LogP contribution in [0.25, 0.3) is 0 Å². The molecule has 1 aromatic carbocycles. The van der Waals surface area contributed by atoms with Crippen molar-refractivity contribution in [1.29, 1.82) is 0 Å². The minimum Gasteiger partial charge on any atom is -0.355 e. The molecule has 0 bridgehead atoms. The van der Waals surface area contributed by atoms with Crippen molar-refractivity contribution in [3.8, 4) is 0 Å². The summed E-state index contributed by atoms with van der Waals surface area (Å²) < 4.78 is 13.5. The fourth-order valence-electron chi connectivity index (χ4n) is 4.12. The predicted octanol–water partition coefficient (Wildman–Crippen LogP) is 3.00. The van der Waals surface area contributed by atoms with Gasteiger partial charge in [0.05, 0.1) is 6.54 Å². The molecular weight excluding hydrogens is 291 g/mol. The second kappa shape index (κ2) is 7.91. The van der Waals surface area contributed by atoms with Crippen LogP contribution in [0.2, 0.25) is 0 Å². The summed E-state index contributed by atoms with van der Waals surface area (Å²) in [5, 5.41) is 2.93. The molecule has 0 radical (unpaired) electrons. The Hall–Kier alpha value is -1.42. The van der Waals surface area contributed by atoms with Crippen LogP contribution < -0.4 is 5.32 Å². The summed E-state index contributed by atoms with van der Waals surface area (Å²) >= 11 is 0. The molecule has 1 N–H and O–H groups in total. The number of likely N-dealkylation sites (tertiary alicyclic amines) is 1. The molecule has 3 rings (SSSR count).